The third-order valence-electron chi connectivity index (χ3n) is 2.21. The molecule has 0 aliphatic heterocycles. The molecule has 1 nitrogen and oxygen atoms in total. The largest absolute Gasteiger partial charge is 0.324 e. The van der Waals surface area contributed by atoms with Gasteiger partial charge in [-0.1, -0.05) is 37.1 Å². The first-order valence-electron chi connectivity index (χ1n) is 4.66. The number of hydrogen-bond acceptors (Lipinski definition) is 1. The highest BCUT2D eigenvalue weighted by atomic mass is 35.5. The monoisotopic (exact) mass is 197 g/mol. The van der Waals surface area contributed by atoms with Crippen molar-refractivity contribution in [1.29, 1.82) is 0 Å². The van der Waals surface area contributed by atoms with Crippen LogP contribution in [0.2, 0.25) is 5.02 Å². The Bertz CT molecular complexity index is 283. The van der Waals surface area contributed by atoms with Gasteiger partial charge in [0.1, 0.15) is 0 Å². The lowest BCUT2D eigenvalue weighted by Crippen LogP contribution is -2.09. The van der Waals surface area contributed by atoms with Crippen LogP contribution in [0.1, 0.15) is 36.9 Å². The average Bonchev–Trinajstić information content (AvgIpc) is 2.10. The van der Waals surface area contributed by atoms with Crippen LogP contribution in [0.4, 0.5) is 0 Å². The van der Waals surface area contributed by atoms with Crippen LogP contribution in [0, 0.1) is 6.92 Å². The Morgan fingerprint density at radius 2 is 2.15 bits per heavy atom. The van der Waals surface area contributed by atoms with Gasteiger partial charge in [-0.05, 0) is 30.5 Å². The summed E-state index contributed by atoms with van der Waals surface area (Å²) < 4.78 is 0. The maximum absolute atomic E-state index is 5.98. The van der Waals surface area contributed by atoms with Crippen molar-refractivity contribution in [2.45, 2.75) is 32.7 Å². The molecule has 0 amide bonds. The second-order valence-electron chi connectivity index (χ2n) is 3.40. The van der Waals surface area contributed by atoms with Crippen molar-refractivity contribution >= 4 is 11.6 Å². The molecule has 2 N–H and O–H groups in total. The lowest BCUT2D eigenvalue weighted by Gasteiger charge is -2.11. The molecule has 0 heterocycles. The topological polar surface area (TPSA) is 26.0 Å². The molecule has 0 aliphatic rings. The van der Waals surface area contributed by atoms with Gasteiger partial charge < -0.3 is 5.73 Å². The summed E-state index contributed by atoms with van der Waals surface area (Å²) in [6.07, 6.45) is 2.14. The van der Waals surface area contributed by atoms with Crippen LogP contribution in [-0.4, -0.2) is 0 Å². The van der Waals surface area contributed by atoms with E-state index in [0.717, 1.165) is 23.4 Å². The second-order valence-corrected chi connectivity index (χ2v) is 3.81. The van der Waals surface area contributed by atoms with Gasteiger partial charge in [0, 0.05) is 11.1 Å². The summed E-state index contributed by atoms with van der Waals surface area (Å²) in [5.74, 6) is 0. The Kier molecular flexibility index (Phi) is 3.76. The molecule has 0 unspecified atom stereocenters. The fourth-order valence-electron chi connectivity index (χ4n) is 1.38. The van der Waals surface area contributed by atoms with E-state index in [-0.39, 0.29) is 6.04 Å². The van der Waals surface area contributed by atoms with Crippen LogP contribution < -0.4 is 5.73 Å². The summed E-state index contributed by atoms with van der Waals surface area (Å²) in [4.78, 5) is 0. The van der Waals surface area contributed by atoms with Crippen LogP contribution in [0.3, 0.4) is 0 Å². The Balaban J connectivity index is 2.84. The molecule has 1 aromatic carbocycles. The van der Waals surface area contributed by atoms with Crippen LogP contribution >= 0.6 is 11.6 Å². The van der Waals surface area contributed by atoms with Crippen LogP contribution in [0.5, 0.6) is 0 Å². The number of hydrogen-bond donors (Lipinski definition) is 1. The van der Waals surface area contributed by atoms with E-state index in [1.54, 1.807) is 0 Å². The third-order valence-corrected chi connectivity index (χ3v) is 2.63. The summed E-state index contributed by atoms with van der Waals surface area (Å²) in [5.41, 5.74) is 8.27. The van der Waals surface area contributed by atoms with E-state index in [9.17, 15) is 0 Å². The molecule has 1 rings (SSSR count). The molecule has 0 aliphatic carbocycles. The minimum Gasteiger partial charge on any atom is -0.324 e. The molecule has 1 atom stereocenters. The van der Waals surface area contributed by atoms with Crippen LogP contribution in [0.25, 0.3) is 0 Å². The fourth-order valence-corrected chi connectivity index (χ4v) is 1.49. The minimum atomic E-state index is 0.154. The zero-order chi connectivity index (χ0) is 9.84. The predicted molar refractivity (Wildman–Crippen MR) is 58.0 cm³/mol. The fraction of sp³-hybridized carbons (Fsp3) is 0.455. The zero-order valence-corrected chi connectivity index (χ0v) is 8.93. The number of halogens is 1. The van der Waals surface area contributed by atoms with E-state index in [4.69, 9.17) is 17.3 Å². The Morgan fingerprint density at radius 3 is 2.69 bits per heavy atom. The second kappa shape index (κ2) is 4.64. The summed E-state index contributed by atoms with van der Waals surface area (Å²) in [6.45, 7) is 4.15. The SMILES string of the molecule is CCC[C@@H](N)c1ccc(Cl)c(C)c1. The normalized spacial score (nSPS) is 12.9. The minimum absolute atomic E-state index is 0.154. The van der Waals surface area contributed by atoms with E-state index in [1.165, 1.54) is 5.56 Å². The molecular formula is C11H16ClN. The van der Waals surface area contributed by atoms with E-state index >= 15 is 0 Å². The smallest absolute Gasteiger partial charge is 0.0435 e. The van der Waals surface area contributed by atoms with Gasteiger partial charge in [0.15, 0.2) is 0 Å². The van der Waals surface area contributed by atoms with Gasteiger partial charge in [-0.15, -0.1) is 0 Å². The first-order chi connectivity index (χ1) is 6.15. The van der Waals surface area contributed by atoms with Gasteiger partial charge in [-0.25, -0.2) is 0 Å². The molecule has 0 spiro atoms. The molecule has 0 fully saturated rings. The molecule has 0 aromatic heterocycles. The molecule has 0 radical (unpaired) electrons. The Labute approximate surface area is 84.9 Å². The van der Waals surface area contributed by atoms with E-state index in [2.05, 4.69) is 13.0 Å². The number of benzene rings is 1. The van der Waals surface area contributed by atoms with Crippen molar-refractivity contribution in [2.75, 3.05) is 0 Å². The molecule has 13 heavy (non-hydrogen) atoms. The van der Waals surface area contributed by atoms with Crippen molar-refractivity contribution in [3.8, 4) is 0 Å². The van der Waals surface area contributed by atoms with Gasteiger partial charge in [0.25, 0.3) is 0 Å². The van der Waals surface area contributed by atoms with Crippen molar-refractivity contribution in [3.05, 3.63) is 34.3 Å². The predicted octanol–water partition coefficient (Wildman–Crippen LogP) is 3.45. The van der Waals surface area contributed by atoms with Gasteiger partial charge in [0.2, 0.25) is 0 Å². The molecular weight excluding hydrogens is 182 g/mol. The van der Waals surface area contributed by atoms with Gasteiger partial charge >= 0.3 is 0 Å². The average molecular weight is 198 g/mol. The van der Waals surface area contributed by atoms with Gasteiger partial charge in [-0.2, -0.15) is 0 Å². The highest BCUT2D eigenvalue weighted by Gasteiger charge is 2.05. The highest BCUT2D eigenvalue weighted by molar-refractivity contribution is 6.31. The molecule has 0 saturated carbocycles. The molecule has 2 heteroatoms. The van der Waals surface area contributed by atoms with E-state index < -0.39 is 0 Å². The van der Waals surface area contributed by atoms with Gasteiger partial charge in [0.05, 0.1) is 0 Å². The zero-order valence-electron chi connectivity index (χ0n) is 8.18. The Hall–Kier alpha value is -0.530. The molecule has 1 aromatic rings. The van der Waals surface area contributed by atoms with Gasteiger partial charge in [-0.3, -0.25) is 0 Å². The number of aryl methyl sites for hydroxylation is 1. The van der Waals surface area contributed by atoms with Crippen LogP contribution in [0.15, 0.2) is 18.2 Å². The molecule has 0 saturated heterocycles. The quantitative estimate of drug-likeness (QED) is 0.790. The van der Waals surface area contributed by atoms with Crippen LogP contribution in [-0.2, 0) is 0 Å². The number of nitrogens with two attached hydrogens (primary N) is 1. The summed E-state index contributed by atoms with van der Waals surface area (Å²) in [6, 6.07) is 6.15. The standard InChI is InChI=1S/C11H16ClN/c1-3-4-11(13)9-5-6-10(12)8(2)7-9/h5-7,11H,3-4,13H2,1-2H3/t11-/m1/s1. The maximum Gasteiger partial charge on any atom is 0.0435 e. The first kappa shape index (κ1) is 10.6. The maximum atomic E-state index is 5.98. The molecule has 72 valence electrons. The highest BCUT2D eigenvalue weighted by Crippen LogP contribution is 2.21. The summed E-state index contributed by atoms with van der Waals surface area (Å²) >= 11 is 5.92. The summed E-state index contributed by atoms with van der Waals surface area (Å²) in [7, 11) is 0. The lowest BCUT2D eigenvalue weighted by molar-refractivity contribution is 0.638. The summed E-state index contributed by atoms with van der Waals surface area (Å²) in [5, 5.41) is 0.812. The van der Waals surface area contributed by atoms with Crippen molar-refractivity contribution < 1.29 is 0 Å². The lowest BCUT2D eigenvalue weighted by atomic mass is 10.0. The van der Waals surface area contributed by atoms with E-state index in [0.29, 0.717) is 0 Å². The molecule has 0 bridgehead atoms. The van der Waals surface area contributed by atoms with Crippen molar-refractivity contribution in [2.24, 2.45) is 5.73 Å². The number of rotatable bonds is 3. The Morgan fingerprint density at radius 1 is 1.46 bits per heavy atom. The van der Waals surface area contributed by atoms with Crippen molar-refractivity contribution in [3.63, 3.8) is 0 Å². The van der Waals surface area contributed by atoms with Crippen molar-refractivity contribution in [1.82, 2.24) is 0 Å². The first-order valence-corrected chi connectivity index (χ1v) is 5.04. The third kappa shape index (κ3) is 2.71. The van der Waals surface area contributed by atoms with E-state index in [1.807, 2.05) is 19.1 Å².